The molecule has 0 aliphatic carbocycles. The van der Waals surface area contributed by atoms with Crippen LogP contribution in [0.2, 0.25) is 0 Å². The van der Waals surface area contributed by atoms with Crippen LogP contribution >= 0.6 is 0 Å². The Morgan fingerprint density at radius 1 is 1.26 bits per heavy atom. The van der Waals surface area contributed by atoms with Crippen LogP contribution < -0.4 is 5.32 Å². The van der Waals surface area contributed by atoms with E-state index in [4.69, 9.17) is 0 Å². The molecule has 1 atom stereocenters. The largest absolute Gasteiger partial charge is 0.344 e. The molecular weight excluding hydrogens is 240 g/mol. The molecule has 2 rings (SSSR count). The molecule has 4 nitrogen and oxygen atoms in total. The molecule has 1 unspecified atom stereocenters. The Kier molecular flexibility index (Phi) is 4.55. The lowest BCUT2D eigenvalue weighted by Gasteiger charge is -2.23. The Labute approximate surface area is 113 Å². The zero-order valence-corrected chi connectivity index (χ0v) is 11.3. The summed E-state index contributed by atoms with van der Waals surface area (Å²) < 4.78 is 0. The smallest absolute Gasteiger partial charge is 0.245 e. The van der Waals surface area contributed by atoms with Crippen molar-refractivity contribution >= 4 is 11.8 Å². The molecule has 1 aliphatic rings. The van der Waals surface area contributed by atoms with Crippen molar-refractivity contribution in [2.24, 2.45) is 0 Å². The minimum atomic E-state index is -0.356. The van der Waals surface area contributed by atoms with Gasteiger partial charge in [0.05, 0.1) is 0 Å². The summed E-state index contributed by atoms with van der Waals surface area (Å²) in [6.07, 6.45) is 1.88. The lowest BCUT2D eigenvalue weighted by Crippen LogP contribution is -2.44. The fourth-order valence-electron chi connectivity index (χ4n) is 2.30. The van der Waals surface area contributed by atoms with Gasteiger partial charge in [-0.2, -0.15) is 0 Å². The van der Waals surface area contributed by atoms with Crippen LogP contribution in [0.25, 0.3) is 0 Å². The van der Waals surface area contributed by atoms with Gasteiger partial charge >= 0.3 is 0 Å². The maximum Gasteiger partial charge on any atom is 0.245 e. The van der Waals surface area contributed by atoms with Crippen LogP contribution in [0.15, 0.2) is 30.3 Å². The predicted molar refractivity (Wildman–Crippen MR) is 73.6 cm³/mol. The number of rotatable bonds is 4. The van der Waals surface area contributed by atoms with Gasteiger partial charge in [-0.05, 0) is 18.4 Å². The molecule has 0 bridgehead atoms. The van der Waals surface area contributed by atoms with E-state index < -0.39 is 0 Å². The van der Waals surface area contributed by atoms with E-state index in [9.17, 15) is 9.59 Å². The third-order valence-electron chi connectivity index (χ3n) is 3.48. The highest BCUT2D eigenvalue weighted by Crippen LogP contribution is 2.08. The molecule has 1 fully saturated rings. The molecule has 102 valence electrons. The first-order chi connectivity index (χ1) is 9.20. The van der Waals surface area contributed by atoms with Gasteiger partial charge in [0.1, 0.15) is 6.04 Å². The fourth-order valence-corrected chi connectivity index (χ4v) is 2.30. The summed E-state index contributed by atoms with van der Waals surface area (Å²) >= 11 is 0. The Balaban J connectivity index is 1.98. The maximum absolute atomic E-state index is 12.3. The molecule has 1 aromatic rings. The summed E-state index contributed by atoms with van der Waals surface area (Å²) in [7, 11) is 0. The highest BCUT2D eigenvalue weighted by molar-refractivity contribution is 5.89. The highest BCUT2D eigenvalue weighted by Gasteiger charge is 2.27. The lowest BCUT2D eigenvalue weighted by molar-refractivity contribution is -0.133. The van der Waals surface area contributed by atoms with E-state index in [0.29, 0.717) is 25.9 Å². The first-order valence-corrected chi connectivity index (χ1v) is 6.82. The first-order valence-electron chi connectivity index (χ1n) is 6.82. The Bertz CT molecular complexity index is 445. The van der Waals surface area contributed by atoms with Crippen LogP contribution in [0.1, 0.15) is 25.3 Å². The SMILES string of the molecule is CCC1NC(=O)CCN(CCc2ccccc2)C1=O. The van der Waals surface area contributed by atoms with Crippen molar-refractivity contribution < 1.29 is 9.59 Å². The number of hydrogen-bond donors (Lipinski definition) is 1. The molecular formula is C15H20N2O2. The van der Waals surface area contributed by atoms with Crippen molar-refractivity contribution in [3.05, 3.63) is 35.9 Å². The third-order valence-corrected chi connectivity index (χ3v) is 3.48. The summed E-state index contributed by atoms with van der Waals surface area (Å²) in [6, 6.07) is 9.74. The molecule has 2 amide bonds. The highest BCUT2D eigenvalue weighted by atomic mass is 16.2. The van der Waals surface area contributed by atoms with E-state index in [1.807, 2.05) is 25.1 Å². The quantitative estimate of drug-likeness (QED) is 0.888. The van der Waals surface area contributed by atoms with E-state index in [-0.39, 0.29) is 17.9 Å². The Hall–Kier alpha value is -1.84. The Morgan fingerprint density at radius 3 is 2.68 bits per heavy atom. The van der Waals surface area contributed by atoms with Crippen LogP contribution in [0.4, 0.5) is 0 Å². The van der Waals surface area contributed by atoms with E-state index in [1.165, 1.54) is 5.56 Å². The van der Waals surface area contributed by atoms with Crippen LogP contribution in [0, 0.1) is 0 Å². The van der Waals surface area contributed by atoms with Gasteiger partial charge in [0, 0.05) is 19.5 Å². The minimum Gasteiger partial charge on any atom is -0.344 e. The summed E-state index contributed by atoms with van der Waals surface area (Å²) in [5.74, 6) is 0.0201. The molecule has 1 aromatic carbocycles. The molecule has 0 spiro atoms. The number of nitrogens with one attached hydrogen (secondary N) is 1. The van der Waals surface area contributed by atoms with Crippen molar-refractivity contribution in [3.8, 4) is 0 Å². The maximum atomic E-state index is 12.3. The second kappa shape index (κ2) is 6.36. The predicted octanol–water partition coefficient (Wildman–Crippen LogP) is 1.36. The summed E-state index contributed by atoms with van der Waals surface area (Å²) in [5, 5.41) is 2.78. The molecule has 0 radical (unpaired) electrons. The zero-order chi connectivity index (χ0) is 13.7. The van der Waals surface area contributed by atoms with E-state index in [1.54, 1.807) is 4.90 Å². The van der Waals surface area contributed by atoms with Gasteiger partial charge in [-0.15, -0.1) is 0 Å². The van der Waals surface area contributed by atoms with E-state index in [0.717, 1.165) is 6.42 Å². The average molecular weight is 260 g/mol. The second-order valence-corrected chi connectivity index (χ2v) is 4.84. The van der Waals surface area contributed by atoms with Gasteiger partial charge in [-0.25, -0.2) is 0 Å². The van der Waals surface area contributed by atoms with Crippen molar-refractivity contribution in [2.45, 2.75) is 32.2 Å². The van der Waals surface area contributed by atoms with Gasteiger partial charge in [-0.1, -0.05) is 37.3 Å². The fraction of sp³-hybridized carbons (Fsp3) is 0.467. The topological polar surface area (TPSA) is 49.4 Å². The number of amides is 2. The van der Waals surface area contributed by atoms with Crippen molar-refractivity contribution in [3.63, 3.8) is 0 Å². The van der Waals surface area contributed by atoms with Crippen molar-refractivity contribution in [2.75, 3.05) is 13.1 Å². The van der Waals surface area contributed by atoms with Crippen LogP contribution in [0.3, 0.4) is 0 Å². The number of nitrogens with zero attached hydrogens (tertiary/aromatic N) is 1. The monoisotopic (exact) mass is 260 g/mol. The molecule has 19 heavy (non-hydrogen) atoms. The van der Waals surface area contributed by atoms with Gasteiger partial charge < -0.3 is 10.2 Å². The molecule has 0 aromatic heterocycles. The van der Waals surface area contributed by atoms with Crippen molar-refractivity contribution in [1.82, 2.24) is 10.2 Å². The summed E-state index contributed by atoms with van der Waals surface area (Å²) in [6.45, 7) is 3.12. The Morgan fingerprint density at radius 2 is 2.00 bits per heavy atom. The zero-order valence-electron chi connectivity index (χ0n) is 11.3. The molecule has 1 heterocycles. The van der Waals surface area contributed by atoms with Crippen molar-refractivity contribution in [1.29, 1.82) is 0 Å². The summed E-state index contributed by atoms with van der Waals surface area (Å²) in [5.41, 5.74) is 1.21. The van der Waals surface area contributed by atoms with E-state index in [2.05, 4.69) is 17.4 Å². The molecule has 1 saturated heterocycles. The number of benzene rings is 1. The molecule has 4 heteroatoms. The minimum absolute atomic E-state index is 0.0255. The molecule has 1 N–H and O–H groups in total. The summed E-state index contributed by atoms with van der Waals surface area (Å²) in [4.78, 5) is 25.6. The van der Waals surface area contributed by atoms with E-state index >= 15 is 0 Å². The number of carbonyl (C=O) groups excluding carboxylic acids is 2. The second-order valence-electron chi connectivity index (χ2n) is 4.84. The molecule has 0 saturated carbocycles. The third kappa shape index (κ3) is 3.56. The first kappa shape index (κ1) is 13.6. The van der Waals surface area contributed by atoms with Gasteiger partial charge in [0.25, 0.3) is 0 Å². The normalized spacial score (nSPS) is 20.1. The van der Waals surface area contributed by atoms with Gasteiger partial charge in [0.2, 0.25) is 11.8 Å². The average Bonchev–Trinajstić information content (AvgIpc) is 2.58. The number of hydrogen-bond acceptors (Lipinski definition) is 2. The van der Waals surface area contributed by atoms with Crippen LogP contribution in [-0.2, 0) is 16.0 Å². The van der Waals surface area contributed by atoms with Crippen LogP contribution in [0.5, 0.6) is 0 Å². The lowest BCUT2D eigenvalue weighted by atomic mass is 10.1. The van der Waals surface area contributed by atoms with Crippen LogP contribution in [-0.4, -0.2) is 35.8 Å². The standard InChI is InChI=1S/C15H20N2O2/c1-2-13-15(19)17(11-9-14(18)16-13)10-8-12-6-4-3-5-7-12/h3-7,13H,2,8-11H2,1H3,(H,16,18). The number of carbonyl (C=O) groups is 2. The molecule has 1 aliphatic heterocycles. The van der Waals surface area contributed by atoms with Gasteiger partial charge in [-0.3, -0.25) is 9.59 Å². The van der Waals surface area contributed by atoms with Gasteiger partial charge in [0.15, 0.2) is 0 Å².